The minimum absolute atomic E-state index is 0.243. The van der Waals surface area contributed by atoms with Crippen molar-refractivity contribution in [1.82, 2.24) is 14.9 Å². The molecule has 23 heavy (non-hydrogen) atoms. The lowest BCUT2D eigenvalue weighted by molar-refractivity contribution is 0.102. The number of anilines is 2. The highest BCUT2D eigenvalue weighted by molar-refractivity contribution is 6.02. The molecule has 0 spiro atoms. The van der Waals surface area contributed by atoms with Crippen LogP contribution in [0.15, 0.2) is 36.7 Å². The van der Waals surface area contributed by atoms with Crippen LogP contribution in [-0.2, 0) is 0 Å². The standard InChI is InChI=1S/C17H21N5O/c1-13-4-3-5-14(10-13)20-17(23)15-11-19-16(12-18-15)22-8-6-21(2)7-9-22/h3-5,10-12H,6-9H2,1-2H3,(H,20,23). The number of aryl methyl sites for hydroxylation is 1. The summed E-state index contributed by atoms with van der Waals surface area (Å²) < 4.78 is 0. The Bertz CT molecular complexity index is 678. The Labute approximate surface area is 136 Å². The van der Waals surface area contributed by atoms with Crippen molar-refractivity contribution in [3.8, 4) is 0 Å². The van der Waals surface area contributed by atoms with Crippen LogP contribution in [0.4, 0.5) is 11.5 Å². The quantitative estimate of drug-likeness (QED) is 0.936. The number of benzene rings is 1. The Morgan fingerprint density at radius 3 is 2.57 bits per heavy atom. The van der Waals surface area contributed by atoms with Crippen molar-refractivity contribution >= 4 is 17.4 Å². The zero-order valence-corrected chi connectivity index (χ0v) is 13.5. The molecule has 0 radical (unpaired) electrons. The van der Waals surface area contributed by atoms with Crippen LogP contribution in [0, 0.1) is 6.92 Å². The van der Waals surface area contributed by atoms with Gasteiger partial charge in [0.1, 0.15) is 11.5 Å². The number of hydrogen-bond acceptors (Lipinski definition) is 5. The van der Waals surface area contributed by atoms with Gasteiger partial charge in [-0.25, -0.2) is 9.97 Å². The van der Waals surface area contributed by atoms with Gasteiger partial charge < -0.3 is 15.1 Å². The van der Waals surface area contributed by atoms with Gasteiger partial charge in [0.15, 0.2) is 0 Å². The Balaban J connectivity index is 1.65. The molecule has 1 aromatic carbocycles. The van der Waals surface area contributed by atoms with E-state index in [9.17, 15) is 4.79 Å². The zero-order chi connectivity index (χ0) is 16.2. The van der Waals surface area contributed by atoms with Gasteiger partial charge >= 0.3 is 0 Å². The smallest absolute Gasteiger partial charge is 0.275 e. The second-order valence-corrected chi connectivity index (χ2v) is 5.87. The number of nitrogens with zero attached hydrogens (tertiary/aromatic N) is 4. The summed E-state index contributed by atoms with van der Waals surface area (Å²) >= 11 is 0. The Hall–Kier alpha value is -2.47. The van der Waals surface area contributed by atoms with E-state index in [1.165, 1.54) is 0 Å². The van der Waals surface area contributed by atoms with Crippen molar-refractivity contribution in [3.05, 3.63) is 47.9 Å². The molecular formula is C17H21N5O. The van der Waals surface area contributed by atoms with E-state index < -0.39 is 0 Å². The fourth-order valence-corrected chi connectivity index (χ4v) is 2.56. The highest BCUT2D eigenvalue weighted by Crippen LogP contribution is 2.13. The lowest BCUT2D eigenvalue weighted by Gasteiger charge is -2.32. The number of nitrogens with one attached hydrogen (secondary N) is 1. The molecular weight excluding hydrogens is 290 g/mol. The van der Waals surface area contributed by atoms with Crippen LogP contribution >= 0.6 is 0 Å². The fourth-order valence-electron chi connectivity index (χ4n) is 2.56. The Kier molecular flexibility index (Phi) is 4.52. The van der Waals surface area contributed by atoms with Crippen LogP contribution in [0.3, 0.4) is 0 Å². The SMILES string of the molecule is Cc1cccc(NC(=O)c2cnc(N3CCN(C)CC3)cn2)c1. The molecule has 0 atom stereocenters. The molecule has 120 valence electrons. The average molecular weight is 311 g/mol. The van der Waals surface area contributed by atoms with E-state index in [2.05, 4.69) is 32.1 Å². The second-order valence-electron chi connectivity index (χ2n) is 5.87. The van der Waals surface area contributed by atoms with Crippen molar-refractivity contribution in [2.45, 2.75) is 6.92 Å². The topological polar surface area (TPSA) is 61.4 Å². The summed E-state index contributed by atoms with van der Waals surface area (Å²) in [5.74, 6) is 0.582. The third-order valence-electron chi connectivity index (χ3n) is 3.97. The molecule has 3 rings (SSSR count). The van der Waals surface area contributed by atoms with Gasteiger partial charge in [0.25, 0.3) is 5.91 Å². The molecule has 1 amide bonds. The number of carbonyl (C=O) groups excluding carboxylic acids is 1. The number of aromatic nitrogens is 2. The monoisotopic (exact) mass is 311 g/mol. The Morgan fingerprint density at radius 2 is 1.91 bits per heavy atom. The van der Waals surface area contributed by atoms with Crippen LogP contribution in [0.1, 0.15) is 16.1 Å². The third kappa shape index (κ3) is 3.84. The van der Waals surface area contributed by atoms with E-state index in [0.717, 1.165) is 43.2 Å². The number of likely N-dealkylation sites (N-methyl/N-ethyl adjacent to an activating group) is 1. The van der Waals surface area contributed by atoms with Gasteiger partial charge in [0.2, 0.25) is 0 Å². The molecule has 1 aromatic heterocycles. The summed E-state index contributed by atoms with van der Waals surface area (Å²) in [6.45, 7) is 5.87. The molecule has 6 heteroatoms. The summed E-state index contributed by atoms with van der Waals surface area (Å²) in [7, 11) is 2.11. The first-order valence-electron chi connectivity index (χ1n) is 7.75. The van der Waals surface area contributed by atoms with Crippen molar-refractivity contribution in [2.75, 3.05) is 43.4 Å². The molecule has 2 heterocycles. The maximum absolute atomic E-state index is 12.2. The zero-order valence-electron chi connectivity index (χ0n) is 13.5. The first-order chi connectivity index (χ1) is 11.1. The van der Waals surface area contributed by atoms with Crippen molar-refractivity contribution in [3.63, 3.8) is 0 Å². The lowest BCUT2D eigenvalue weighted by atomic mass is 10.2. The Morgan fingerprint density at radius 1 is 1.13 bits per heavy atom. The van der Waals surface area contributed by atoms with Crippen LogP contribution in [-0.4, -0.2) is 54.0 Å². The molecule has 2 aromatic rings. The van der Waals surface area contributed by atoms with Crippen molar-refractivity contribution in [1.29, 1.82) is 0 Å². The molecule has 0 aliphatic carbocycles. The van der Waals surface area contributed by atoms with Gasteiger partial charge in [-0.15, -0.1) is 0 Å². The van der Waals surface area contributed by atoms with Crippen LogP contribution in [0.5, 0.6) is 0 Å². The summed E-state index contributed by atoms with van der Waals surface area (Å²) in [5, 5.41) is 2.84. The highest BCUT2D eigenvalue weighted by Gasteiger charge is 2.16. The van der Waals surface area contributed by atoms with Crippen molar-refractivity contribution in [2.24, 2.45) is 0 Å². The molecule has 0 bridgehead atoms. The number of amides is 1. The van der Waals surface area contributed by atoms with Gasteiger partial charge in [-0.2, -0.15) is 0 Å². The number of hydrogen-bond donors (Lipinski definition) is 1. The number of rotatable bonds is 3. The molecule has 1 N–H and O–H groups in total. The van der Waals surface area contributed by atoms with E-state index in [0.29, 0.717) is 5.69 Å². The average Bonchev–Trinajstić information content (AvgIpc) is 2.56. The maximum atomic E-state index is 12.2. The van der Waals surface area contributed by atoms with Crippen LogP contribution < -0.4 is 10.2 Å². The predicted molar refractivity (Wildman–Crippen MR) is 90.9 cm³/mol. The first-order valence-corrected chi connectivity index (χ1v) is 7.75. The predicted octanol–water partition coefficient (Wildman–Crippen LogP) is 1.79. The molecule has 1 fully saturated rings. The summed E-state index contributed by atoms with van der Waals surface area (Å²) in [6, 6.07) is 7.67. The van der Waals surface area contributed by atoms with E-state index in [1.807, 2.05) is 31.2 Å². The van der Waals surface area contributed by atoms with Crippen LogP contribution in [0.25, 0.3) is 0 Å². The third-order valence-corrected chi connectivity index (χ3v) is 3.97. The second kappa shape index (κ2) is 6.75. The van der Waals surface area contributed by atoms with Gasteiger partial charge in [0.05, 0.1) is 12.4 Å². The number of carbonyl (C=O) groups is 1. The van der Waals surface area contributed by atoms with Gasteiger partial charge in [-0.1, -0.05) is 12.1 Å². The highest BCUT2D eigenvalue weighted by atomic mass is 16.1. The molecule has 1 aliphatic rings. The van der Waals surface area contributed by atoms with Gasteiger partial charge in [-0.05, 0) is 31.7 Å². The normalized spacial score (nSPS) is 15.5. The summed E-state index contributed by atoms with van der Waals surface area (Å²) in [4.78, 5) is 25.4. The first kappa shape index (κ1) is 15.4. The molecule has 0 unspecified atom stereocenters. The van der Waals surface area contributed by atoms with E-state index >= 15 is 0 Å². The van der Waals surface area contributed by atoms with Gasteiger partial charge in [0, 0.05) is 31.9 Å². The molecule has 1 aliphatic heterocycles. The van der Waals surface area contributed by atoms with E-state index in [1.54, 1.807) is 12.4 Å². The largest absolute Gasteiger partial charge is 0.353 e. The fraction of sp³-hybridized carbons (Fsp3) is 0.353. The number of piperazine rings is 1. The van der Waals surface area contributed by atoms with Crippen LogP contribution in [0.2, 0.25) is 0 Å². The minimum atomic E-state index is -0.243. The van der Waals surface area contributed by atoms with Crippen molar-refractivity contribution < 1.29 is 4.79 Å². The molecule has 6 nitrogen and oxygen atoms in total. The van der Waals surface area contributed by atoms with E-state index in [-0.39, 0.29) is 5.91 Å². The van der Waals surface area contributed by atoms with Gasteiger partial charge in [-0.3, -0.25) is 4.79 Å². The summed E-state index contributed by atoms with van der Waals surface area (Å²) in [6.07, 6.45) is 3.22. The molecule has 1 saturated heterocycles. The lowest BCUT2D eigenvalue weighted by Crippen LogP contribution is -2.44. The van der Waals surface area contributed by atoms with E-state index in [4.69, 9.17) is 0 Å². The summed E-state index contributed by atoms with van der Waals surface area (Å²) in [5.41, 5.74) is 2.18. The maximum Gasteiger partial charge on any atom is 0.275 e. The molecule has 0 saturated carbocycles. The minimum Gasteiger partial charge on any atom is -0.353 e.